The van der Waals surface area contributed by atoms with Crippen molar-refractivity contribution in [3.63, 3.8) is 0 Å². The maximum Gasteiger partial charge on any atom is 0.514 e. The molecule has 2 heterocycles. The molecule has 0 aromatic carbocycles. The Morgan fingerprint density at radius 2 is 1.75 bits per heavy atom. The van der Waals surface area contributed by atoms with Gasteiger partial charge in [-0.3, -0.25) is 4.98 Å². The lowest BCUT2D eigenvalue weighted by atomic mass is 9.83. The van der Waals surface area contributed by atoms with Gasteiger partial charge in [-0.25, -0.2) is 8.78 Å². The van der Waals surface area contributed by atoms with Crippen LogP contribution in [0.15, 0.2) is 18.3 Å². The second-order valence-corrected chi connectivity index (χ2v) is 6.62. The molecule has 1 aliphatic heterocycles. The molecular weight excluding hydrogens is 263 g/mol. The molecule has 20 heavy (non-hydrogen) atoms. The number of hydrogen-bond donors (Lipinski definition) is 0. The van der Waals surface area contributed by atoms with Gasteiger partial charge in [-0.2, -0.15) is 0 Å². The van der Waals surface area contributed by atoms with Gasteiger partial charge < -0.3 is 9.31 Å². The Kier molecular flexibility index (Phi) is 2.80. The van der Waals surface area contributed by atoms with Crippen molar-refractivity contribution in [2.45, 2.75) is 57.2 Å². The predicted molar refractivity (Wildman–Crippen MR) is 72.3 cm³/mol. The third-order valence-electron chi connectivity index (χ3n) is 4.53. The molecule has 2 fully saturated rings. The fourth-order valence-electron chi connectivity index (χ4n) is 2.35. The molecule has 0 radical (unpaired) electrons. The first-order valence-electron chi connectivity index (χ1n) is 6.82. The van der Waals surface area contributed by atoms with Crippen molar-refractivity contribution in [3.8, 4) is 0 Å². The molecule has 6 heteroatoms. The highest BCUT2D eigenvalue weighted by atomic mass is 19.3. The van der Waals surface area contributed by atoms with Crippen molar-refractivity contribution in [3.05, 3.63) is 23.9 Å². The average molecular weight is 281 g/mol. The van der Waals surface area contributed by atoms with Crippen LogP contribution >= 0.6 is 0 Å². The Bertz CT molecular complexity index is 532. The van der Waals surface area contributed by atoms with E-state index in [-0.39, 0.29) is 6.42 Å². The minimum atomic E-state index is -2.57. The number of alkyl halides is 2. The lowest BCUT2D eigenvalue weighted by Crippen LogP contribution is -2.41. The van der Waals surface area contributed by atoms with Gasteiger partial charge >= 0.3 is 7.12 Å². The van der Waals surface area contributed by atoms with Crippen LogP contribution in [0, 0.1) is 0 Å². The van der Waals surface area contributed by atoms with Crippen molar-refractivity contribution in [2.24, 2.45) is 0 Å². The molecule has 1 saturated carbocycles. The highest BCUT2D eigenvalue weighted by Crippen LogP contribution is 2.55. The van der Waals surface area contributed by atoms with Crippen LogP contribution in [0.25, 0.3) is 0 Å². The fourth-order valence-corrected chi connectivity index (χ4v) is 2.35. The molecule has 3 nitrogen and oxygen atoms in total. The van der Waals surface area contributed by atoms with Crippen LogP contribution in [0.2, 0.25) is 0 Å². The Labute approximate surface area is 117 Å². The van der Waals surface area contributed by atoms with E-state index in [1.54, 1.807) is 18.3 Å². The van der Waals surface area contributed by atoms with E-state index in [4.69, 9.17) is 9.31 Å². The average Bonchev–Trinajstić information content (AvgIpc) is 2.90. The number of halogens is 2. The summed E-state index contributed by atoms with van der Waals surface area (Å²) in [5.41, 5.74) is 0.246. The summed E-state index contributed by atoms with van der Waals surface area (Å²) in [4.78, 5) is 4.22. The quantitative estimate of drug-likeness (QED) is 0.780. The van der Waals surface area contributed by atoms with E-state index >= 15 is 0 Å². The molecule has 1 aromatic rings. The topological polar surface area (TPSA) is 31.4 Å². The van der Waals surface area contributed by atoms with Crippen molar-refractivity contribution in [1.29, 1.82) is 0 Å². The molecule has 1 saturated heterocycles. The molecule has 1 unspecified atom stereocenters. The highest BCUT2D eigenvalue weighted by Gasteiger charge is 2.58. The zero-order valence-corrected chi connectivity index (χ0v) is 12.1. The van der Waals surface area contributed by atoms with E-state index in [1.807, 2.05) is 27.7 Å². The Hall–Kier alpha value is -1.01. The summed E-state index contributed by atoms with van der Waals surface area (Å²) in [5, 5.41) is 0. The smallest absolute Gasteiger partial charge is 0.398 e. The second-order valence-electron chi connectivity index (χ2n) is 6.62. The van der Waals surface area contributed by atoms with Gasteiger partial charge in [-0.15, -0.1) is 0 Å². The van der Waals surface area contributed by atoms with Gasteiger partial charge in [0.2, 0.25) is 0 Å². The zero-order valence-electron chi connectivity index (χ0n) is 12.1. The SMILES string of the molecule is CC1(C)OB(c2cc(C3CC3(F)F)ccn2)OC1(C)C. The molecule has 1 aromatic heterocycles. The van der Waals surface area contributed by atoms with Gasteiger partial charge in [0.25, 0.3) is 5.92 Å². The van der Waals surface area contributed by atoms with Gasteiger partial charge in [0.15, 0.2) is 0 Å². The zero-order chi connectivity index (χ0) is 14.8. The molecule has 108 valence electrons. The van der Waals surface area contributed by atoms with Crippen LogP contribution in [-0.2, 0) is 9.31 Å². The van der Waals surface area contributed by atoms with E-state index < -0.39 is 30.2 Å². The molecule has 0 bridgehead atoms. The van der Waals surface area contributed by atoms with Gasteiger partial charge in [-0.05, 0) is 45.4 Å². The van der Waals surface area contributed by atoms with Crippen LogP contribution < -0.4 is 5.59 Å². The number of pyridine rings is 1. The summed E-state index contributed by atoms with van der Waals surface area (Å²) in [5.74, 6) is -3.26. The molecule has 1 aliphatic carbocycles. The molecular formula is C14H18BF2NO2. The van der Waals surface area contributed by atoms with E-state index in [1.165, 1.54) is 0 Å². The maximum absolute atomic E-state index is 13.2. The minimum absolute atomic E-state index is 0.0835. The predicted octanol–water partition coefficient (Wildman–Crippen LogP) is 2.50. The fraction of sp³-hybridized carbons (Fsp3) is 0.643. The normalized spacial score (nSPS) is 29.5. The van der Waals surface area contributed by atoms with Gasteiger partial charge in [-0.1, -0.05) is 0 Å². The summed E-state index contributed by atoms with van der Waals surface area (Å²) in [7, 11) is -0.604. The minimum Gasteiger partial charge on any atom is -0.398 e. The Morgan fingerprint density at radius 1 is 1.20 bits per heavy atom. The summed E-state index contributed by atoms with van der Waals surface area (Å²) in [6.07, 6.45) is 1.46. The van der Waals surface area contributed by atoms with Crippen molar-refractivity contribution < 1.29 is 18.1 Å². The summed E-state index contributed by atoms with van der Waals surface area (Å²) in [6.45, 7) is 7.80. The molecule has 2 aliphatic rings. The van der Waals surface area contributed by atoms with Gasteiger partial charge in [0, 0.05) is 12.6 Å². The molecule has 0 spiro atoms. The maximum atomic E-state index is 13.2. The standard InChI is InChI=1S/C14H18BF2NO2/c1-12(2)13(3,4)20-15(19-12)11-7-9(5-6-18-11)10-8-14(10,16)17/h5-7,10H,8H2,1-4H3. The number of rotatable bonds is 2. The molecule has 3 rings (SSSR count). The number of hydrogen-bond acceptors (Lipinski definition) is 3. The summed E-state index contributed by atoms with van der Waals surface area (Å²) in [6, 6.07) is 3.31. The van der Waals surface area contributed by atoms with Crippen LogP contribution in [0.1, 0.15) is 45.6 Å². The number of aromatic nitrogens is 1. The third-order valence-corrected chi connectivity index (χ3v) is 4.53. The van der Waals surface area contributed by atoms with E-state index in [9.17, 15) is 8.78 Å². The van der Waals surface area contributed by atoms with Crippen LogP contribution in [0.5, 0.6) is 0 Å². The molecule has 1 atom stereocenters. The lowest BCUT2D eigenvalue weighted by Gasteiger charge is -2.32. The second kappa shape index (κ2) is 4.01. The molecule has 0 N–H and O–H groups in total. The summed E-state index contributed by atoms with van der Waals surface area (Å²) < 4.78 is 38.1. The van der Waals surface area contributed by atoms with Gasteiger partial charge in [0.05, 0.1) is 22.7 Å². The van der Waals surface area contributed by atoms with E-state index in [2.05, 4.69) is 4.98 Å². The number of nitrogens with zero attached hydrogens (tertiary/aromatic N) is 1. The first kappa shape index (κ1) is 14.0. The highest BCUT2D eigenvalue weighted by molar-refractivity contribution is 6.61. The van der Waals surface area contributed by atoms with Crippen LogP contribution in [-0.4, -0.2) is 29.2 Å². The van der Waals surface area contributed by atoms with E-state index in [0.717, 1.165) is 0 Å². The largest absolute Gasteiger partial charge is 0.514 e. The Morgan fingerprint density at radius 3 is 2.25 bits per heavy atom. The van der Waals surface area contributed by atoms with Gasteiger partial charge in [0.1, 0.15) is 0 Å². The van der Waals surface area contributed by atoms with Crippen LogP contribution in [0.4, 0.5) is 8.78 Å². The van der Waals surface area contributed by atoms with Crippen molar-refractivity contribution in [2.75, 3.05) is 0 Å². The molecule has 0 amide bonds. The Balaban J connectivity index is 1.84. The summed E-state index contributed by atoms with van der Waals surface area (Å²) >= 11 is 0. The van der Waals surface area contributed by atoms with Crippen molar-refractivity contribution in [1.82, 2.24) is 4.98 Å². The van der Waals surface area contributed by atoms with Crippen molar-refractivity contribution >= 4 is 12.7 Å². The first-order valence-corrected chi connectivity index (χ1v) is 6.82. The van der Waals surface area contributed by atoms with E-state index in [0.29, 0.717) is 11.2 Å². The lowest BCUT2D eigenvalue weighted by molar-refractivity contribution is 0.00578. The first-order chi connectivity index (χ1) is 9.12. The van der Waals surface area contributed by atoms with Crippen LogP contribution in [0.3, 0.4) is 0 Å². The monoisotopic (exact) mass is 281 g/mol. The third kappa shape index (κ3) is 2.15.